The first-order valence-corrected chi connectivity index (χ1v) is 42.8. The molecule has 0 radical (unpaired) electrons. The third kappa shape index (κ3) is 12.2. The lowest BCUT2D eigenvalue weighted by Crippen LogP contribution is -2.67. The molecule has 4 atom stereocenters. The highest BCUT2D eigenvalue weighted by Crippen LogP contribution is 2.60. The number of rotatable bonds is 10. The van der Waals surface area contributed by atoms with Crippen molar-refractivity contribution in [3.05, 3.63) is 325 Å². The molecule has 5 heterocycles. The number of hydrogen-bond acceptors (Lipinski definition) is 5. The van der Waals surface area contributed by atoms with Crippen LogP contribution >= 0.6 is 23.5 Å². The molecular weight excluding hydrogens is 1420 g/mol. The van der Waals surface area contributed by atoms with Crippen LogP contribution in [-0.2, 0) is 10.8 Å². The molecule has 0 saturated heterocycles. The summed E-state index contributed by atoms with van der Waals surface area (Å²) >= 11 is 2.71. The minimum atomic E-state index is -1.25. The molecule has 0 bridgehead atoms. The highest BCUT2D eigenvalue weighted by molar-refractivity contribution is 8.00. The third-order valence-electron chi connectivity index (χ3n) is 25.5. The molecule has 0 aromatic heterocycles. The summed E-state index contributed by atoms with van der Waals surface area (Å²) in [5, 5.41) is 0. The number of allylic oxidation sites excluding steroid dienone is 4. The van der Waals surface area contributed by atoms with Crippen molar-refractivity contribution in [1.82, 2.24) is 0 Å². The van der Waals surface area contributed by atoms with Crippen molar-refractivity contribution in [2.45, 2.75) is 150 Å². The number of benzene rings is 13. The van der Waals surface area contributed by atoms with Gasteiger partial charge in [0.15, 0.2) is 0 Å². The van der Waals surface area contributed by atoms with Crippen LogP contribution in [0.5, 0.6) is 0 Å². The van der Waals surface area contributed by atoms with Crippen molar-refractivity contribution in [1.29, 1.82) is 0 Å². The summed E-state index contributed by atoms with van der Waals surface area (Å²) in [6.45, 7) is 17.9. The monoisotopic (exact) mass is 1540 g/mol. The maximum Gasteiger partial charge on any atom is 0.253 e. The van der Waals surface area contributed by atoms with Gasteiger partial charge in [-0.3, -0.25) is 0 Å². The summed E-state index contributed by atoms with van der Waals surface area (Å²) < 4.78 is 150. The first-order chi connectivity index (χ1) is 61.8. The Balaban J connectivity index is 1.02. The molecule has 562 valence electrons. The average molecular weight is 1540 g/mol. The Hall–Kier alpha value is -10.7. The summed E-state index contributed by atoms with van der Waals surface area (Å²) in [7, 11) is 0. The van der Waals surface area contributed by atoms with E-state index in [1.165, 1.54) is 34.7 Å². The maximum atomic E-state index is 12.7. The first kappa shape index (κ1) is 58.2. The Morgan fingerprint density at radius 3 is 1.63 bits per heavy atom. The molecule has 21 rings (SSSR count). The summed E-state index contributed by atoms with van der Waals surface area (Å²) in [4.78, 5) is 8.98. The molecule has 3 aliphatic carbocycles. The van der Waals surface area contributed by atoms with Crippen LogP contribution < -0.4 is 47.5 Å². The quantitative estimate of drug-likeness (QED) is 0.0994. The second-order valence-electron chi connectivity index (χ2n) is 35.6. The fraction of sp³-hybridized carbons (Fsp3) is 0.222. The highest BCUT2D eigenvalue weighted by Gasteiger charge is 2.54. The lowest BCUT2D eigenvalue weighted by Gasteiger charge is -2.54. The van der Waals surface area contributed by atoms with Gasteiger partial charge in [0.1, 0.15) is 0 Å². The molecule has 0 amide bonds. The van der Waals surface area contributed by atoms with Crippen LogP contribution in [0.1, 0.15) is 144 Å². The van der Waals surface area contributed by atoms with E-state index >= 15 is 0 Å². The zero-order valence-electron chi connectivity index (χ0n) is 80.6. The SMILES string of the molecule is [2H]c1c([2H])c([2H])c(-c2c([2H])c([2H])c3c(c2[2H])N(C2C(C4CC=CCC4)=CC(C(C)(C)C)CC2C2=CCCCC2)c2cc(C(C)(C)C)cc4c2B3c2c3c5c(c([2H])c2N4c2c(-c4ccccc4)cc(C(C)(C)C)cc2-c2ccccc2)N2c4ccc(-c6ccccc6)cc4Sc4c([2H])c(-c6ccccc6)c([2H])c(c42)B5c2c([2H])c(-c4ccccc4)c([2H])c([2H])c2S3)c([2H])c1[2H]. The van der Waals surface area contributed by atoms with E-state index < -0.39 is 66.6 Å². The number of anilines is 8. The third-order valence-corrected chi connectivity index (χ3v) is 27.7. The van der Waals surface area contributed by atoms with Crippen LogP contribution in [0, 0.1) is 23.2 Å². The lowest BCUT2D eigenvalue weighted by atomic mass is 9.30. The highest BCUT2D eigenvalue weighted by atomic mass is 32.2. The average Bonchev–Trinajstić information content (AvgIpc) is 0.655. The fourth-order valence-electron chi connectivity index (χ4n) is 19.6. The molecule has 0 saturated carbocycles. The predicted molar refractivity (Wildman–Crippen MR) is 494 cm³/mol. The number of nitrogens with zero attached hydrogens (tertiary/aromatic N) is 3. The van der Waals surface area contributed by atoms with Gasteiger partial charge in [0.05, 0.1) is 42.3 Å². The molecule has 4 unspecified atom stereocenters. The van der Waals surface area contributed by atoms with Gasteiger partial charge >= 0.3 is 0 Å². The molecule has 13 aromatic rings. The Labute approximate surface area is 710 Å². The summed E-state index contributed by atoms with van der Waals surface area (Å²) in [5.74, 6) is -0.166. The Morgan fingerprint density at radius 1 is 0.417 bits per heavy atom. The zero-order chi connectivity index (χ0) is 89.9. The van der Waals surface area contributed by atoms with E-state index in [4.69, 9.17) is 1.37 Å². The van der Waals surface area contributed by atoms with E-state index in [2.05, 4.69) is 204 Å². The second kappa shape index (κ2) is 28.1. The van der Waals surface area contributed by atoms with E-state index in [-0.39, 0.29) is 104 Å². The van der Waals surface area contributed by atoms with Crippen molar-refractivity contribution in [2.24, 2.45) is 23.2 Å². The van der Waals surface area contributed by atoms with Crippen LogP contribution in [0.3, 0.4) is 0 Å². The molecule has 0 fully saturated rings. The van der Waals surface area contributed by atoms with Gasteiger partial charge in [-0.2, -0.15) is 0 Å². The molecule has 0 N–H and O–H groups in total. The summed E-state index contributed by atoms with van der Waals surface area (Å²) in [6.07, 6.45) is 16.4. The smallest absolute Gasteiger partial charge is 0.253 e. The van der Waals surface area contributed by atoms with Gasteiger partial charge in [0.25, 0.3) is 6.71 Å². The van der Waals surface area contributed by atoms with Crippen molar-refractivity contribution < 1.29 is 19.2 Å². The van der Waals surface area contributed by atoms with Crippen molar-refractivity contribution in [2.75, 3.05) is 14.7 Å². The van der Waals surface area contributed by atoms with Gasteiger partial charge in [-0.15, -0.1) is 0 Å². The minimum Gasteiger partial charge on any atom is -0.334 e. The topological polar surface area (TPSA) is 9.72 Å². The van der Waals surface area contributed by atoms with E-state index in [0.717, 1.165) is 106 Å². The van der Waals surface area contributed by atoms with Gasteiger partial charge in [-0.1, -0.05) is 339 Å². The Morgan fingerprint density at radius 2 is 1.01 bits per heavy atom. The van der Waals surface area contributed by atoms with Crippen molar-refractivity contribution in [3.63, 3.8) is 0 Å². The minimum absolute atomic E-state index is 0.0108. The van der Waals surface area contributed by atoms with E-state index in [9.17, 15) is 17.8 Å². The van der Waals surface area contributed by atoms with E-state index in [0.29, 0.717) is 87.9 Å². The second-order valence-corrected chi connectivity index (χ2v) is 37.7. The van der Waals surface area contributed by atoms with E-state index in [1.54, 1.807) is 0 Å². The van der Waals surface area contributed by atoms with Gasteiger partial charge in [-0.05, 0) is 240 Å². The van der Waals surface area contributed by atoms with Gasteiger partial charge in [0.2, 0.25) is 6.71 Å². The van der Waals surface area contributed by atoms with Crippen LogP contribution in [0.4, 0.5) is 45.5 Å². The molecule has 7 heteroatoms. The summed E-state index contributed by atoms with van der Waals surface area (Å²) in [5.41, 5.74) is 16.6. The zero-order valence-corrected chi connectivity index (χ0v) is 68.2. The maximum absolute atomic E-state index is 12.7. The van der Waals surface area contributed by atoms with Crippen LogP contribution in [0.15, 0.2) is 334 Å². The van der Waals surface area contributed by atoms with E-state index in [1.807, 2.05) is 91.0 Å². The molecule has 8 aliphatic rings. The van der Waals surface area contributed by atoms with Gasteiger partial charge in [-0.25, -0.2) is 0 Å². The largest absolute Gasteiger partial charge is 0.334 e. The van der Waals surface area contributed by atoms with Crippen LogP contribution in [-0.4, -0.2) is 19.5 Å². The van der Waals surface area contributed by atoms with Gasteiger partial charge in [0, 0.05) is 65.1 Å². The first-order valence-electron chi connectivity index (χ1n) is 48.1. The Bertz CT molecular complexity index is 6960. The van der Waals surface area contributed by atoms with Crippen LogP contribution in [0.2, 0.25) is 0 Å². The standard InChI is InChI=1S/C108H97B2N3S2/c1-106(2,3)80-61-83(72-42-26-14-27-43-72)102(84(62-80)73-44-28-15-29-45-73)112-91-58-77(69-36-20-11-21-37-69)50-53-87(91)110-99-92(112)65-82(108(7,8)9)66-93(99)113(103-85(74-46-30-16-31-47-74)63-81(107(4,5)6)64-86(103)75-48-32-17-33-49-75)95-67-94-100-105(101(95)110)115-96-55-52-76(68-34-18-10-19-35-68)56-88(96)109(100)89-57-79(71-40-24-13-25-41-71)60-98-104(89)111(94)90-54-51-78(59-97(90)114-98)70-38-22-12-23-39-70/h10-14,16-26,30-41,44,46-61,63-67,72,80,84,102H,15,27-29,42-43,45,62H2,1-9H3/i11D,20D,21D,36D,37D,50D,52D,53D,55D,56D,57D,58D,60D,67D. The normalized spacial score (nSPS) is 20.0. The number of fused-ring (bicyclic) bond motifs is 11. The fourth-order valence-corrected chi connectivity index (χ4v) is 22.0. The van der Waals surface area contributed by atoms with Crippen LogP contribution in [0.25, 0.3) is 66.8 Å². The van der Waals surface area contributed by atoms with Crippen molar-refractivity contribution in [3.8, 4) is 66.8 Å². The molecule has 3 nitrogen and oxygen atoms in total. The molecular formula is C108H97B2N3S2. The molecule has 115 heavy (non-hydrogen) atoms. The molecule has 5 aliphatic heterocycles. The lowest BCUT2D eigenvalue weighted by molar-refractivity contribution is 0.220. The predicted octanol–water partition coefficient (Wildman–Crippen LogP) is 26.1. The summed E-state index contributed by atoms with van der Waals surface area (Å²) in [6, 6.07) is 60.5. The molecule has 13 aromatic carbocycles. The Kier molecular flexibility index (Phi) is 14.2. The molecule has 0 spiro atoms. The van der Waals surface area contributed by atoms with Gasteiger partial charge < -0.3 is 14.7 Å². The van der Waals surface area contributed by atoms with Crippen molar-refractivity contribution >= 4 is 115 Å². The number of hydrogen-bond donors (Lipinski definition) is 0.